The first kappa shape index (κ1) is 15.5. The van der Waals surface area contributed by atoms with Gasteiger partial charge in [0.05, 0.1) is 30.8 Å². The van der Waals surface area contributed by atoms with E-state index in [0.29, 0.717) is 13.2 Å². The smallest absolute Gasteiger partial charge is 0.229 e. The Hall–Kier alpha value is -1.39. The summed E-state index contributed by atoms with van der Waals surface area (Å²) in [5.41, 5.74) is 0.989. The fourth-order valence-electron chi connectivity index (χ4n) is 3.57. The molecule has 3 rings (SSSR count). The van der Waals surface area contributed by atoms with Crippen LogP contribution in [0.5, 0.6) is 0 Å². The Morgan fingerprint density at radius 3 is 2.68 bits per heavy atom. The molecule has 2 atom stereocenters. The molecule has 1 heterocycles. The van der Waals surface area contributed by atoms with E-state index >= 15 is 0 Å². The molecule has 1 N–H and O–H groups in total. The van der Waals surface area contributed by atoms with Gasteiger partial charge in [0.25, 0.3) is 0 Å². The largest absolute Gasteiger partial charge is 0.394 e. The maximum absolute atomic E-state index is 13.2. The van der Waals surface area contributed by atoms with Crippen LogP contribution in [-0.4, -0.2) is 47.8 Å². The van der Waals surface area contributed by atoms with Gasteiger partial charge in [0.2, 0.25) is 5.91 Å². The molecule has 120 valence electrons. The zero-order valence-corrected chi connectivity index (χ0v) is 13.2. The Labute approximate surface area is 132 Å². The summed E-state index contributed by atoms with van der Waals surface area (Å²) in [6.45, 7) is 3.02. The number of aliphatic hydroxyl groups excluding tert-OH is 1. The van der Waals surface area contributed by atoms with Crippen molar-refractivity contribution in [3.05, 3.63) is 35.9 Å². The predicted molar refractivity (Wildman–Crippen MR) is 84.4 cm³/mol. The molecule has 0 spiro atoms. The second-order valence-electron chi connectivity index (χ2n) is 6.74. The monoisotopic (exact) mass is 303 g/mol. The summed E-state index contributed by atoms with van der Waals surface area (Å²) in [6.07, 6.45) is 3.64. The molecule has 1 aromatic rings. The second kappa shape index (κ2) is 6.39. The molecule has 2 fully saturated rings. The number of benzene rings is 1. The molecule has 1 amide bonds. The molecule has 1 aliphatic heterocycles. The lowest BCUT2D eigenvalue weighted by molar-refractivity contribution is -0.161. The third-order valence-electron chi connectivity index (χ3n) is 5.12. The zero-order valence-electron chi connectivity index (χ0n) is 13.2. The molecule has 0 aromatic heterocycles. The molecule has 1 aromatic carbocycles. The van der Waals surface area contributed by atoms with E-state index in [1.807, 2.05) is 30.0 Å². The van der Waals surface area contributed by atoms with E-state index in [9.17, 15) is 9.90 Å². The number of hydrogen-bond donors (Lipinski definition) is 1. The summed E-state index contributed by atoms with van der Waals surface area (Å²) >= 11 is 0. The predicted octanol–water partition coefficient (Wildman–Crippen LogP) is 2.01. The summed E-state index contributed by atoms with van der Waals surface area (Å²) in [4.78, 5) is 15.1. The maximum Gasteiger partial charge on any atom is 0.229 e. The van der Waals surface area contributed by atoms with Crippen LogP contribution in [0.4, 0.5) is 0 Å². The van der Waals surface area contributed by atoms with Crippen molar-refractivity contribution in [2.45, 2.75) is 44.8 Å². The average Bonchev–Trinajstić information content (AvgIpc) is 2.52. The van der Waals surface area contributed by atoms with Gasteiger partial charge in [-0.1, -0.05) is 36.8 Å². The third kappa shape index (κ3) is 2.90. The highest BCUT2D eigenvalue weighted by Gasteiger charge is 2.48. The fraction of sp³-hybridized carbons (Fsp3) is 0.611. The van der Waals surface area contributed by atoms with Crippen molar-refractivity contribution >= 4 is 5.91 Å². The van der Waals surface area contributed by atoms with Crippen LogP contribution >= 0.6 is 0 Å². The van der Waals surface area contributed by atoms with Crippen molar-refractivity contribution in [2.24, 2.45) is 5.41 Å². The van der Waals surface area contributed by atoms with Crippen molar-refractivity contribution in [2.75, 3.05) is 19.8 Å². The van der Waals surface area contributed by atoms with E-state index < -0.39 is 0 Å². The number of rotatable bonds is 4. The number of carbonyl (C=O) groups is 1. The molecule has 2 unspecified atom stereocenters. The van der Waals surface area contributed by atoms with Gasteiger partial charge in [0.15, 0.2) is 0 Å². The highest BCUT2D eigenvalue weighted by atomic mass is 16.5. The Morgan fingerprint density at radius 1 is 1.36 bits per heavy atom. The average molecular weight is 303 g/mol. The standard InChI is InChI=1S/C18H25NO3/c1-14-13-22-16(12-20)11-19(14)17(21)18(8-5-9-18)10-15-6-3-2-4-7-15/h2-4,6-7,14,16,20H,5,8-13H2,1H3. The highest BCUT2D eigenvalue weighted by molar-refractivity contribution is 5.84. The van der Waals surface area contributed by atoms with Crippen molar-refractivity contribution < 1.29 is 14.6 Å². The van der Waals surface area contributed by atoms with E-state index in [1.165, 1.54) is 5.56 Å². The van der Waals surface area contributed by atoms with Gasteiger partial charge in [-0.05, 0) is 31.7 Å². The van der Waals surface area contributed by atoms with E-state index in [0.717, 1.165) is 25.7 Å². The minimum atomic E-state index is -0.243. The van der Waals surface area contributed by atoms with Crippen LogP contribution in [0.2, 0.25) is 0 Å². The number of hydrogen-bond acceptors (Lipinski definition) is 3. The molecule has 2 aliphatic rings. The number of amides is 1. The van der Waals surface area contributed by atoms with Crippen LogP contribution in [-0.2, 0) is 16.0 Å². The van der Waals surface area contributed by atoms with E-state index in [2.05, 4.69) is 12.1 Å². The number of ether oxygens (including phenoxy) is 1. The van der Waals surface area contributed by atoms with Gasteiger partial charge in [0.1, 0.15) is 0 Å². The Morgan fingerprint density at radius 2 is 2.09 bits per heavy atom. The molecule has 1 saturated carbocycles. The van der Waals surface area contributed by atoms with Gasteiger partial charge in [-0.25, -0.2) is 0 Å². The van der Waals surface area contributed by atoms with Crippen molar-refractivity contribution in [1.29, 1.82) is 0 Å². The number of aliphatic hydroxyl groups is 1. The molecule has 0 bridgehead atoms. The van der Waals surface area contributed by atoms with Gasteiger partial charge in [0, 0.05) is 6.54 Å². The lowest BCUT2D eigenvalue weighted by Gasteiger charge is -2.47. The minimum Gasteiger partial charge on any atom is -0.394 e. The van der Waals surface area contributed by atoms with Crippen LogP contribution in [0.3, 0.4) is 0 Å². The van der Waals surface area contributed by atoms with Crippen LogP contribution in [0, 0.1) is 5.41 Å². The Balaban J connectivity index is 1.76. The fourth-order valence-corrected chi connectivity index (χ4v) is 3.57. The van der Waals surface area contributed by atoms with Crippen molar-refractivity contribution in [1.82, 2.24) is 4.90 Å². The van der Waals surface area contributed by atoms with Gasteiger partial charge in [-0.15, -0.1) is 0 Å². The van der Waals surface area contributed by atoms with E-state index in [-0.39, 0.29) is 30.1 Å². The van der Waals surface area contributed by atoms with Crippen molar-refractivity contribution in [3.63, 3.8) is 0 Å². The summed E-state index contributed by atoms with van der Waals surface area (Å²) in [5.74, 6) is 0.247. The molecule has 1 saturated heterocycles. The van der Waals surface area contributed by atoms with Gasteiger partial charge in [-0.2, -0.15) is 0 Å². The molecule has 4 heteroatoms. The SMILES string of the molecule is CC1COC(CO)CN1C(=O)C1(Cc2ccccc2)CCC1. The summed E-state index contributed by atoms with van der Waals surface area (Å²) in [6, 6.07) is 10.4. The van der Waals surface area contributed by atoms with E-state index in [4.69, 9.17) is 4.74 Å². The minimum absolute atomic E-state index is 0.0256. The number of nitrogens with zero attached hydrogens (tertiary/aromatic N) is 1. The Kier molecular flexibility index (Phi) is 4.50. The molecule has 1 aliphatic carbocycles. The topological polar surface area (TPSA) is 49.8 Å². The third-order valence-corrected chi connectivity index (χ3v) is 5.12. The highest BCUT2D eigenvalue weighted by Crippen LogP contribution is 2.45. The lowest BCUT2D eigenvalue weighted by atomic mass is 9.64. The van der Waals surface area contributed by atoms with Gasteiger partial charge < -0.3 is 14.7 Å². The first-order chi connectivity index (χ1) is 10.6. The van der Waals surface area contributed by atoms with Crippen LogP contribution < -0.4 is 0 Å². The first-order valence-corrected chi connectivity index (χ1v) is 8.22. The summed E-state index contributed by atoms with van der Waals surface area (Å²) in [7, 11) is 0. The molecular weight excluding hydrogens is 278 g/mol. The van der Waals surface area contributed by atoms with Crippen LogP contribution in [0.15, 0.2) is 30.3 Å². The summed E-state index contributed by atoms with van der Waals surface area (Å²) < 4.78 is 5.56. The van der Waals surface area contributed by atoms with E-state index in [1.54, 1.807) is 0 Å². The molecule has 0 radical (unpaired) electrons. The van der Waals surface area contributed by atoms with Crippen LogP contribution in [0.25, 0.3) is 0 Å². The Bertz CT molecular complexity index is 512. The zero-order chi connectivity index (χ0) is 15.6. The normalized spacial score (nSPS) is 27.3. The molecule has 22 heavy (non-hydrogen) atoms. The number of carbonyl (C=O) groups excluding carboxylic acids is 1. The van der Waals surface area contributed by atoms with Crippen LogP contribution in [0.1, 0.15) is 31.7 Å². The summed E-state index contributed by atoms with van der Waals surface area (Å²) in [5, 5.41) is 9.32. The number of morpholine rings is 1. The van der Waals surface area contributed by atoms with Gasteiger partial charge in [-0.3, -0.25) is 4.79 Å². The first-order valence-electron chi connectivity index (χ1n) is 8.22. The van der Waals surface area contributed by atoms with Crippen molar-refractivity contribution in [3.8, 4) is 0 Å². The second-order valence-corrected chi connectivity index (χ2v) is 6.74. The lowest BCUT2D eigenvalue weighted by Crippen LogP contribution is -2.58. The maximum atomic E-state index is 13.2. The molecule has 4 nitrogen and oxygen atoms in total. The quantitative estimate of drug-likeness (QED) is 0.925. The van der Waals surface area contributed by atoms with Gasteiger partial charge >= 0.3 is 0 Å². The molecular formula is C18H25NO3.